The Hall–Kier alpha value is -1.35. The molecule has 0 unspecified atom stereocenters. The van der Waals surface area contributed by atoms with Crippen molar-refractivity contribution in [2.24, 2.45) is 0 Å². The summed E-state index contributed by atoms with van der Waals surface area (Å²) in [7, 11) is -3.85. The first-order chi connectivity index (χ1) is 13.2. The number of anilines is 1. The second-order valence-corrected chi connectivity index (χ2v) is 10.7. The number of nitrogens with zero attached hydrogens (tertiary/aromatic N) is 2. The molecule has 0 spiro atoms. The summed E-state index contributed by atoms with van der Waals surface area (Å²) < 4.78 is 28.3. The number of carbonyl (C=O) groups is 1. The van der Waals surface area contributed by atoms with Crippen LogP contribution < -0.4 is 10.0 Å². The summed E-state index contributed by atoms with van der Waals surface area (Å²) in [6, 6.07) is 4.33. The molecular weight excluding hydrogens is 463 g/mol. The molecule has 1 aromatic carbocycles. The van der Waals surface area contributed by atoms with Crippen LogP contribution in [0.3, 0.4) is 0 Å². The molecule has 1 amide bonds. The number of aromatic nitrogens is 1. The van der Waals surface area contributed by atoms with Crippen molar-refractivity contribution in [3.63, 3.8) is 0 Å². The molecule has 148 valence electrons. The lowest BCUT2D eigenvalue weighted by atomic mass is 10.2. The van der Waals surface area contributed by atoms with Crippen molar-refractivity contribution < 1.29 is 13.2 Å². The molecule has 0 radical (unpaired) electrons. The number of nitrogens with one attached hydrogen (secondary N) is 2. The van der Waals surface area contributed by atoms with E-state index in [4.69, 9.17) is 28.5 Å². The normalized spacial score (nSPS) is 13.9. The lowest BCUT2D eigenvalue weighted by Gasteiger charge is -2.11. The van der Waals surface area contributed by atoms with E-state index in [1.807, 2.05) is 6.07 Å². The third kappa shape index (κ3) is 4.97. The molecule has 1 aliphatic carbocycles. The molecule has 0 aliphatic heterocycles. The molecule has 1 aromatic heterocycles. The van der Waals surface area contributed by atoms with Crippen LogP contribution in [0, 0.1) is 18.3 Å². The maximum atomic E-state index is 12.6. The van der Waals surface area contributed by atoms with Crippen LogP contribution in [0.15, 0.2) is 21.2 Å². The number of sulfonamides is 1. The van der Waals surface area contributed by atoms with Crippen molar-refractivity contribution in [2.45, 2.75) is 34.9 Å². The summed E-state index contributed by atoms with van der Waals surface area (Å²) in [5.74, 6) is -0.329. The van der Waals surface area contributed by atoms with Crippen LogP contribution in [0.2, 0.25) is 10.0 Å². The molecular formula is C16H14Cl2N4O3S3. The molecule has 3 rings (SSSR count). The number of thioether (sulfide) groups is 1. The minimum absolute atomic E-state index is 0.0266. The van der Waals surface area contributed by atoms with Gasteiger partial charge in [-0.3, -0.25) is 10.1 Å². The Labute approximate surface area is 180 Å². The van der Waals surface area contributed by atoms with Gasteiger partial charge in [-0.2, -0.15) is 5.26 Å². The number of benzene rings is 1. The van der Waals surface area contributed by atoms with Crippen LogP contribution in [0.5, 0.6) is 0 Å². The van der Waals surface area contributed by atoms with Crippen LogP contribution in [-0.4, -0.2) is 31.1 Å². The molecule has 1 aliphatic rings. The smallest absolute Gasteiger partial charge is 0.259 e. The average molecular weight is 477 g/mol. The number of halogens is 2. The second kappa shape index (κ2) is 8.57. The highest BCUT2D eigenvalue weighted by atomic mass is 35.5. The van der Waals surface area contributed by atoms with Gasteiger partial charge in [0, 0.05) is 6.04 Å². The zero-order chi connectivity index (χ0) is 20.5. The van der Waals surface area contributed by atoms with Crippen LogP contribution in [0.1, 0.15) is 28.9 Å². The van der Waals surface area contributed by atoms with Gasteiger partial charge >= 0.3 is 0 Å². The quantitative estimate of drug-likeness (QED) is 0.582. The fraction of sp³-hybridized carbons (Fsp3) is 0.312. The second-order valence-electron chi connectivity index (χ2n) is 5.95. The van der Waals surface area contributed by atoms with Crippen molar-refractivity contribution in [3.05, 3.63) is 33.4 Å². The summed E-state index contributed by atoms with van der Waals surface area (Å²) in [6.45, 7) is 1.77. The average Bonchev–Trinajstić information content (AvgIpc) is 3.33. The number of thiazole rings is 1. The number of aryl methyl sites for hydroxylation is 1. The highest BCUT2D eigenvalue weighted by molar-refractivity contribution is 8.01. The summed E-state index contributed by atoms with van der Waals surface area (Å²) in [5, 5.41) is 11.6. The fourth-order valence-electron chi connectivity index (χ4n) is 2.23. The van der Waals surface area contributed by atoms with Crippen molar-refractivity contribution in [1.29, 1.82) is 5.26 Å². The van der Waals surface area contributed by atoms with Crippen molar-refractivity contribution >= 4 is 67.4 Å². The van der Waals surface area contributed by atoms with Gasteiger partial charge in [-0.05, 0) is 31.9 Å². The summed E-state index contributed by atoms with van der Waals surface area (Å²) in [6.07, 6.45) is 1.54. The van der Waals surface area contributed by atoms with Gasteiger partial charge < -0.3 is 0 Å². The lowest BCUT2D eigenvalue weighted by molar-refractivity contribution is 0.102. The molecule has 2 N–H and O–H groups in total. The van der Waals surface area contributed by atoms with E-state index < -0.39 is 15.9 Å². The first-order valence-corrected chi connectivity index (χ1v) is 12.1. The molecule has 12 heteroatoms. The van der Waals surface area contributed by atoms with Crippen LogP contribution >= 0.6 is 46.3 Å². The maximum absolute atomic E-state index is 12.6. The number of amides is 1. The van der Waals surface area contributed by atoms with Gasteiger partial charge in [-0.25, -0.2) is 18.1 Å². The Morgan fingerprint density at radius 3 is 2.75 bits per heavy atom. The Kier molecular flexibility index (Phi) is 6.54. The molecule has 1 heterocycles. The molecule has 0 bridgehead atoms. The van der Waals surface area contributed by atoms with Gasteiger partial charge in [0.05, 0.1) is 37.3 Å². The highest BCUT2D eigenvalue weighted by Gasteiger charge is 2.30. The molecule has 2 aromatic rings. The molecule has 28 heavy (non-hydrogen) atoms. The number of hydrogen-bond acceptors (Lipinski definition) is 7. The van der Waals surface area contributed by atoms with Gasteiger partial charge in [0.15, 0.2) is 5.13 Å². The zero-order valence-electron chi connectivity index (χ0n) is 14.5. The fourth-order valence-corrected chi connectivity index (χ4v) is 6.18. The first-order valence-electron chi connectivity index (χ1n) is 8.01. The van der Waals surface area contributed by atoms with Crippen molar-refractivity contribution in [2.75, 3.05) is 11.1 Å². The predicted molar refractivity (Wildman–Crippen MR) is 111 cm³/mol. The van der Waals surface area contributed by atoms with E-state index in [2.05, 4.69) is 15.0 Å². The minimum Gasteiger partial charge on any atom is -0.298 e. The number of nitriles is 1. The standard InChI is InChI=1S/C16H14Cl2N4O3S3/c1-8-15(26-5-4-19)27-16(20-8)21-14(23)10-6-13(12(18)7-11(10)17)28(24,25)22-9-2-3-9/h6-7,9,22H,2-3,5H2,1H3,(H,20,21,23). The molecule has 0 atom stereocenters. The summed E-state index contributed by atoms with van der Waals surface area (Å²) in [5.41, 5.74) is 0.668. The van der Waals surface area contributed by atoms with Gasteiger partial charge in [-0.15, -0.1) is 0 Å². The molecule has 1 fully saturated rings. The van der Waals surface area contributed by atoms with E-state index >= 15 is 0 Å². The predicted octanol–water partition coefficient (Wildman–Crippen LogP) is 4.07. The van der Waals surface area contributed by atoms with E-state index in [9.17, 15) is 13.2 Å². The topological polar surface area (TPSA) is 112 Å². The highest BCUT2D eigenvalue weighted by Crippen LogP contribution is 2.34. The Morgan fingerprint density at radius 1 is 1.39 bits per heavy atom. The third-order valence-corrected chi connectivity index (χ3v) is 8.30. The van der Waals surface area contributed by atoms with E-state index in [-0.39, 0.29) is 32.3 Å². The minimum atomic E-state index is -3.85. The monoisotopic (exact) mass is 476 g/mol. The SMILES string of the molecule is Cc1nc(NC(=O)c2cc(S(=O)(=O)NC3CC3)c(Cl)cc2Cl)sc1SCC#N. The Bertz CT molecular complexity index is 1080. The van der Waals surface area contributed by atoms with E-state index in [1.165, 1.54) is 29.2 Å². The van der Waals surface area contributed by atoms with Gasteiger partial charge in [0.2, 0.25) is 10.0 Å². The Morgan fingerprint density at radius 2 is 2.11 bits per heavy atom. The van der Waals surface area contributed by atoms with E-state index in [1.54, 1.807) is 6.92 Å². The third-order valence-electron chi connectivity index (χ3n) is 3.70. The molecule has 0 saturated heterocycles. The van der Waals surface area contributed by atoms with Gasteiger partial charge in [0.1, 0.15) is 4.90 Å². The van der Waals surface area contributed by atoms with Crippen molar-refractivity contribution in [3.8, 4) is 6.07 Å². The number of carbonyl (C=O) groups excluding carboxylic acids is 1. The van der Waals surface area contributed by atoms with Crippen LogP contribution in [-0.2, 0) is 10.0 Å². The molecule has 7 nitrogen and oxygen atoms in total. The summed E-state index contributed by atoms with van der Waals surface area (Å²) >= 11 is 14.7. The van der Waals surface area contributed by atoms with Crippen LogP contribution in [0.4, 0.5) is 5.13 Å². The summed E-state index contributed by atoms with van der Waals surface area (Å²) in [4.78, 5) is 16.7. The first kappa shape index (κ1) is 21.4. The van der Waals surface area contributed by atoms with Crippen molar-refractivity contribution in [1.82, 2.24) is 9.71 Å². The van der Waals surface area contributed by atoms with E-state index in [0.29, 0.717) is 10.8 Å². The van der Waals surface area contributed by atoms with E-state index in [0.717, 1.165) is 23.1 Å². The van der Waals surface area contributed by atoms with Gasteiger partial charge in [-0.1, -0.05) is 46.3 Å². The Balaban J connectivity index is 1.85. The zero-order valence-corrected chi connectivity index (χ0v) is 18.4. The largest absolute Gasteiger partial charge is 0.298 e. The van der Waals surface area contributed by atoms with Gasteiger partial charge in [0.25, 0.3) is 5.91 Å². The lowest BCUT2D eigenvalue weighted by Crippen LogP contribution is -2.26. The maximum Gasteiger partial charge on any atom is 0.259 e. The number of hydrogen-bond donors (Lipinski definition) is 2. The molecule has 1 saturated carbocycles. The van der Waals surface area contributed by atoms with Crippen LogP contribution in [0.25, 0.3) is 0 Å². The number of rotatable bonds is 7.